The van der Waals surface area contributed by atoms with Gasteiger partial charge < -0.3 is 21.3 Å². The standard InChI is InChI=1S/C12H16N2O3/c13-6-12(3-4-12)7-14-11(17)8-1-2-9(15)10(16)5-8/h1-2,5,15-16H,3-4,6-7,13H2,(H,14,17). The Hall–Kier alpha value is -1.75. The maximum Gasteiger partial charge on any atom is 0.251 e. The molecule has 0 atom stereocenters. The molecule has 1 fully saturated rings. The molecular weight excluding hydrogens is 220 g/mol. The lowest BCUT2D eigenvalue weighted by molar-refractivity contribution is 0.0945. The number of carbonyl (C=O) groups is 1. The predicted octanol–water partition coefficient (Wildman–Crippen LogP) is 0.567. The zero-order chi connectivity index (χ0) is 12.5. The molecule has 1 aliphatic carbocycles. The Morgan fingerprint density at radius 3 is 2.59 bits per heavy atom. The van der Waals surface area contributed by atoms with Crippen LogP contribution in [0.5, 0.6) is 11.5 Å². The van der Waals surface area contributed by atoms with Gasteiger partial charge in [-0.3, -0.25) is 4.79 Å². The molecule has 5 N–H and O–H groups in total. The average molecular weight is 236 g/mol. The maximum atomic E-state index is 11.8. The Balaban J connectivity index is 1.97. The van der Waals surface area contributed by atoms with Crippen molar-refractivity contribution in [3.8, 4) is 11.5 Å². The van der Waals surface area contributed by atoms with Crippen LogP contribution < -0.4 is 11.1 Å². The highest BCUT2D eigenvalue weighted by molar-refractivity contribution is 5.94. The lowest BCUT2D eigenvalue weighted by atomic mass is 10.1. The Morgan fingerprint density at radius 2 is 2.06 bits per heavy atom. The van der Waals surface area contributed by atoms with Gasteiger partial charge in [0.05, 0.1) is 0 Å². The molecule has 1 amide bonds. The average Bonchev–Trinajstić information content (AvgIpc) is 3.10. The summed E-state index contributed by atoms with van der Waals surface area (Å²) in [7, 11) is 0. The number of rotatable bonds is 4. The van der Waals surface area contributed by atoms with Gasteiger partial charge in [-0.25, -0.2) is 0 Å². The first-order chi connectivity index (χ1) is 8.06. The van der Waals surface area contributed by atoms with Gasteiger partial charge in [-0.1, -0.05) is 0 Å². The van der Waals surface area contributed by atoms with Gasteiger partial charge in [0.1, 0.15) is 0 Å². The molecule has 5 nitrogen and oxygen atoms in total. The fourth-order valence-corrected chi connectivity index (χ4v) is 1.66. The molecule has 0 aliphatic heterocycles. The van der Waals surface area contributed by atoms with E-state index < -0.39 is 0 Å². The predicted molar refractivity (Wildman–Crippen MR) is 62.8 cm³/mol. The summed E-state index contributed by atoms with van der Waals surface area (Å²) >= 11 is 0. The van der Waals surface area contributed by atoms with Crippen molar-refractivity contribution in [1.29, 1.82) is 0 Å². The highest BCUT2D eigenvalue weighted by Crippen LogP contribution is 2.43. The summed E-state index contributed by atoms with van der Waals surface area (Å²) in [6, 6.07) is 4.00. The van der Waals surface area contributed by atoms with Crippen LogP contribution in [-0.2, 0) is 0 Å². The summed E-state index contributed by atoms with van der Waals surface area (Å²) in [6.45, 7) is 1.14. The van der Waals surface area contributed by atoms with Crippen LogP contribution in [0.4, 0.5) is 0 Å². The van der Waals surface area contributed by atoms with Crippen molar-refractivity contribution in [3.05, 3.63) is 23.8 Å². The third-order valence-electron chi connectivity index (χ3n) is 3.25. The number of phenols is 2. The molecule has 1 saturated carbocycles. The van der Waals surface area contributed by atoms with E-state index >= 15 is 0 Å². The van der Waals surface area contributed by atoms with Gasteiger partial charge >= 0.3 is 0 Å². The largest absolute Gasteiger partial charge is 0.504 e. The van der Waals surface area contributed by atoms with Crippen LogP contribution in [0.1, 0.15) is 23.2 Å². The summed E-state index contributed by atoms with van der Waals surface area (Å²) in [4.78, 5) is 11.8. The van der Waals surface area contributed by atoms with Crippen molar-refractivity contribution < 1.29 is 15.0 Å². The number of amides is 1. The van der Waals surface area contributed by atoms with Crippen molar-refractivity contribution in [2.45, 2.75) is 12.8 Å². The van der Waals surface area contributed by atoms with Crippen LogP contribution in [0.3, 0.4) is 0 Å². The highest BCUT2D eigenvalue weighted by atomic mass is 16.3. The third-order valence-corrected chi connectivity index (χ3v) is 3.25. The van der Waals surface area contributed by atoms with E-state index in [2.05, 4.69) is 5.32 Å². The summed E-state index contributed by atoms with van der Waals surface area (Å²) in [5.74, 6) is -0.792. The van der Waals surface area contributed by atoms with E-state index in [0.717, 1.165) is 12.8 Å². The molecule has 0 radical (unpaired) electrons. The molecule has 0 spiro atoms. The molecule has 0 aromatic heterocycles. The minimum Gasteiger partial charge on any atom is -0.504 e. The van der Waals surface area contributed by atoms with E-state index in [1.807, 2.05) is 0 Å². The Labute approximate surface area is 99.3 Å². The minimum absolute atomic E-state index is 0.0780. The molecular formula is C12H16N2O3. The Bertz CT molecular complexity index is 441. The van der Waals surface area contributed by atoms with Gasteiger partial charge in [-0.2, -0.15) is 0 Å². The molecule has 2 rings (SSSR count). The van der Waals surface area contributed by atoms with Crippen molar-refractivity contribution in [2.24, 2.45) is 11.1 Å². The summed E-state index contributed by atoms with van der Waals surface area (Å²) in [6.07, 6.45) is 2.09. The number of nitrogens with one attached hydrogen (secondary N) is 1. The van der Waals surface area contributed by atoms with Crippen LogP contribution in [-0.4, -0.2) is 29.2 Å². The van der Waals surface area contributed by atoms with Gasteiger partial charge in [0.25, 0.3) is 5.91 Å². The number of hydrogen-bond donors (Lipinski definition) is 4. The molecule has 5 heteroatoms. The molecule has 1 aromatic rings. The fraction of sp³-hybridized carbons (Fsp3) is 0.417. The van der Waals surface area contributed by atoms with E-state index in [-0.39, 0.29) is 22.8 Å². The van der Waals surface area contributed by atoms with Gasteiger partial charge in [-0.15, -0.1) is 0 Å². The van der Waals surface area contributed by atoms with Crippen molar-refractivity contribution in [3.63, 3.8) is 0 Å². The molecule has 0 unspecified atom stereocenters. The number of aromatic hydroxyl groups is 2. The van der Waals surface area contributed by atoms with Crippen LogP contribution >= 0.6 is 0 Å². The van der Waals surface area contributed by atoms with E-state index in [0.29, 0.717) is 18.7 Å². The van der Waals surface area contributed by atoms with Crippen LogP contribution in [0, 0.1) is 5.41 Å². The molecule has 1 aliphatic rings. The SMILES string of the molecule is NCC1(CNC(=O)c2ccc(O)c(O)c2)CC1. The first kappa shape index (κ1) is 11.7. The lowest BCUT2D eigenvalue weighted by Gasteiger charge is -2.13. The monoisotopic (exact) mass is 236 g/mol. The molecule has 0 saturated heterocycles. The first-order valence-electron chi connectivity index (χ1n) is 5.57. The Kier molecular flexibility index (Phi) is 2.93. The molecule has 0 heterocycles. The quantitative estimate of drug-likeness (QED) is 0.575. The van der Waals surface area contributed by atoms with Crippen molar-refractivity contribution in [2.75, 3.05) is 13.1 Å². The van der Waals surface area contributed by atoms with E-state index in [1.54, 1.807) is 0 Å². The van der Waals surface area contributed by atoms with E-state index in [4.69, 9.17) is 10.8 Å². The zero-order valence-electron chi connectivity index (χ0n) is 9.44. The third kappa shape index (κ3) is 2.50. The van der Waals surface area contributed by atoms with Gasteiger partial charge in [0.2, 0.25) is 0 Å². The number of carbonyl (C=O) groups excluding carboxylic acids is 1. The molecule has 92 valence electrons. The van der Waals surface area contributed by atoms with E-state index in [9.17, 15) is 9.90 Å². The van der Waals surface area contributed by atoms with Crippen LogP contribution in [0.25, 0.3) is 0 Å². The number of benzene rings is 1. The summed E-state index contributed by atoms with van der Waals surface area (Å²) < 4.78 is 0. The van der Waals surface area contributed by atoms with Crippen molar-refractivity contribution >= 4 is 5.91 Å². The lowest BCUT2D eigenvalue weighted by Crippen LogP contribution is -2.33. The maximum absolute atomic E-state index is 11.8. The number of nitrogens with two attached hydrogens (primary N) is 1. The normalized spacial score (nSPS) is 16.5. The first-order valence-corrected chi connectivity index (χ1v) is 5.57. The topological polar surface area (TPSA) is 95.6 Å². The smallest absolute Gasteiger partial charge is 0.251 e. The summed E-state index contributed by atoms with van der Waals surface area (Å²) in [5, 5.41) is 21.2. The Morgan fingerprint density at radius 1 is 1.35 bits per heavy atom. The van der Waals surface area contributed by atoms with Gasteiger partial charge in [0, 0.05) is 17.5 Å². The van der Waals surface area contributed by atoms with Crippen LogP contribution in [0.2, 0.25) is 0 Å². The minimum atomic E-state index is -0.294. The number of hydrogen-bond acceptors (Lipinski definition) is 4. The summed E-state index contributed by atoms with van der Waals surface area (Å²) in [5.41, 5.74) is 6.02. The van der Waals surface area contributed by atoms with Gasteiger partial charge in [0.15, 0.2) is 11.5 Å². The fourth-order valence-electron chi connectivity index (χ4n) is 1.66. The van der Waals surface area contributed by atoms with Crippen molar-refractivity contribution in [1.82, 2.24) is 5.32 Å². The zero-order valence-corrected chi connectivity index (χ0v) is 9.44. The molecule has 1 aromatic carbocycles. The van der Waals surface area contributed by atoms with E-state index in [1.165, 1.54) is 18.2 Å². The second-order valence-electron chi connectivity index (χ2n) is 4.59. The second-order valence-corrected chi connectivity index (χ2v) is 4.59. The van der Waals surface area contributed by atoms with Crippen LogP contribution in [0.15, 0.2) is 18.2 Å². The van der Waals surface area contributed by atoms with Gasteiger partial charge in [-0.05, 0) is 37.6 Å². The molecule has 0 bridgehead atoms. The second kappa shape index (κ2) is 4.25. The number of phenolic OH excluding ortho intramolecular Hbond substituents is 2. The molecule has 17 heavy (non-hydrogen) atoms. The highest BCUT2D eigenvalue weighted by Gasteiger charge is 2.41.